The SMILES string of the molecule is COC(=O)C1=C(C(=O)OC)C2(CNC(C)=O)C=CC1O2. The summed E-state index contributed by atoms with van der Waals surface area (Å²) in [5.74, 6) is -1.59. The van der Waals surface area contributed by atoms with Crippen LogP contribution in [-0.2, 0) is 28.6 Å². The van der Waals surface area contributed by atoms with Gasteiger partial charge in [0.05, 0.1) is 31.9 Å². The molecule has 2 aliphatic rings. The van der Waals surface area contributed by atoms with Crippen molar-refractivity contribution in [3.63, 3.8) is 0 Å². The van der Waals surface area contributed by atoms with E-state index in [0.717, 1.165) is 0 Å². The largest absolute Gasteiger partial charge is 0.466 e. The van der Waals surface area contributed by atoms with Gasteiger partial charge in [-0.2, -0.15) is 0 Å². The first-order valence-corrected chi connectivity index (χ1v) is 5.98. The number of rotatable bonds is 4. The third-order valence-electron chi connectivity index (χ3n) is 3.25. The van der Waals surface area contributed by atoms with Gasteiger partial charge < -0.3 is 19.5 Å². The molecule has 0 aromatic rings. The molecule has 0 aromatic heterocycles. The van der Waals surface area contributed by atoms with Crippen molar-refractivity contribution in [2.75, 3.05) is 20.8 Å². The Morgan fingerprint density at radius 2 is 1.95 bits per heavy atom. The van der Waals surface area contributed by atoms with Crippen molar-refractivity contribution in [3.05, 3.63) is 23.3 Å². The molecule has 2 unspecified atom stereocenters. The highest BCUT2D eigenvalue weighted by molar-refractivity contribution is 6.05. The fourth-order valence-electron chi connectivity index (χ4n) is 2.37. The van der Waals surface area contributed by atoms with Crippen molar-refractivity contribution in [2.24, 2.45) is 0 Å². The number of fused-ring (bicyclic) bond motifs is 2. The monoisotopic (exact) mass is 281 g/mol. The average Bonchev–Trinajstić information content (AvgIpc) is 2.99. The Morgan fingerprint density at radius 3 is 2.50 bits per heavy atom. The van der Waals surface area contributed by atoms with Crippen molar-refractivity contribution >= 4 is 17.8 Å². The van der Waals surface area contributed by atoms with E-state index in [-0.39, 0.29) is 23.6 Å². The molecule has 7 nitrogen and oxygen atoms in total. The number of methoxy groups -OCH3 is 2. The average molecular weight is 281 g/mol. The number of hydrogen-bond donors (Lipinski definition) is 1. The van der Waals surface area contributed by atoms with Gasteiger partial charge in [0.15, 0.2) is 0 Å². The fraction of sp³-hybridized carbons (Fsp3) is 0.462. The van der Waals surface area contributed by atoms with Gasteiger partial charge in [-0.1, -0.05) is 6.08 Å². The molecule has 1 amide bonds. The smallest absolute Gasteiger partial charge is 0.337 e. The van der Waals surface area contributed by atoms with E-state index in [0.29, 0.717) is 0 Å². The lowest BCUT2D eigenvalue weighted by atomic mass is 9.86. The molecule has 20 heavy (non-hydrogen) atoms. The Kier molecular flexibility index (Phi) is 3.63. The highest BCUT2D eigenvalue weighted by Gasteiger charge is 2.54. The maximum Gasteiger partial charge on any atom is 0.337 e. The number of esters is 2. The zero-order valence-electron chi connectivity index (χ0n) is 11.4. The normalized spacial score (nSPS) is 26.6. The number of carbonyl (C=O) groups is 3. The highest BCUT2D eigenvalue weighted by Crippen LogP contribution is 2.43. The summed E-state index contributed by atoms with van der Waals surface area (Å²) in [7, 11) is 2.44. The molecule has 2 bridgehead atoms. The molecular formula is C13H15NO6. The quantitative estimate of drug-likeness (QED) is 0.550. The van der Waals surface area contributed by atoms with Crippen molar-refractivity contribution in [1.29, 1.82) is 0 Å². The van der Waals surface area contributed by atoms with Gasteiger partial charge in [0.1, 0.15) is 11.7 Å². The predicted molar refractivity (Wildman–Crippen MR) is 66.5 cm³/mol. The first-order valence-electron chi connectivity index (χ1n) is 5.98. The lowest BCUT2D eigenvalue weighted by molar-refractivity contribution is -0.139. The predicted octanol–water partition coefficient (Wildman–Crippen LogP) is -0.527. The Labute approximate surface area is 115 Å². The van der Waals surface area contributed by atoms with Crippen LogP contribution >= 0.6 is 0 Å². The molecule has 2 heterocycles. The van der Waals surface area contributed by atoms with Gasteiger partial charge in [-0.05, 0) is 6.08 Å². The summed E-state index contributed by atoms with van der Waals surface area (Å²) < 4.78 is 15.1. The van der Waals surface area contributed by atoms with E-state index in [9.17, 15) is 14.4 Å². The second kappa shape index (κ2) is 5.09. The molecule has 0 spiro atoms. The second-order valence-electron chi connectivity index (χ2n) is 4.47. The highest BCUT2D eigenvalue weighted by atomic mass is 16.6. The summed E-state index contributed by atoms with van der Waals surface area (Å²) in [6.45, 7) is 1.39. The van der Waals surface area contributed by atoms with Crippen molar-refractivity contribution < 1.29 is 28.6 Å². The van der Waals surface area contributed by atoms with Gasteiger partial charge in [0, 0.05) is 6.92 Å². The van der Waals surface area contributed by atoms with E-state index in [4.69, 9.17) is 9.47 Å². The summed E-state index contributed by atoms with van der Waals surface area (Å²) in [5, 5.41) is 2.58. The number of hydrogen-bond acceptors (Lipinski definition) is 6. The molecule has 2 atom stereocenters. The number of nitrogens with one attached hydrogen (secondary N) is 1. The van der Waals surface area contributed by atoms with Crippen LogP contribution in [0.4, 0.5) is 0 Å². The molecule has 0 aromatic carbocycles. The van der Waals surface area contributed by atoms with Gasteiger partial charge in [-0.15, -0.1) is 0 Å². The van der Waals surface area contributed by atoms with Crippen molar-refractivity contribution in [3.8, 4) is 0 Å². The number of ether oxygens (including phenoxy) is 3. The van der Waals surface area contributed by atoms with Crippen molar-refractivity contribution in [1.82, 2.24) is 5.32 Å². The summed E-state index contributed by atoms with van der Waals surface area (Å²) in [5.41, 5.74) is -0.979. The van der Waals surface area contributed by atoms with Gasteiger partial charge in [-0.25, -0.2) is 9.59 Å². The molecular weight excluding hydrogens is 266 g/mol. The van der Waals surface area contributed by atoms with E-state index >= 15 is 0 Å². The van der Waals surface area contributed by atoms with Gasteiger partial charge in [0.25, 0.3) is 0 Å². The molecule has 108 valence electrons. The molecule has 1 N–H and O–H groups in total. The fourth-order valence-corrected chi connectivity index (χ4v) is 2.37. The zero-order valence-corrected chi connectivity index (χ0v) is 11.4. The van der Waals surface area contributed by atoms with Crippen LogP contribution in [0.5, 0.6) is 0 Å². The number of carbonyl (C=O) groups excluding carboxylic acids is 3. The van der Waals surface area contributed by atoms with Crippen LogP contribution < -0.4 is 5.32 Å². The topological polar surface area (TPSA) is 90.9 Å². The molecule has 2 rings (SSSR count). The van der Waals surface area contributed by atoms with Crippen LogP contribution in [-0.4, -0.2) is 50.3 Å². The van der Waals surface area contributed by atoms with Crippen LogP contribution in [0.25, 0.3) is 0 Å². The Bertz CT molecular complexity index is 535. The minimum absolute atomic E-state index is 0.0419. The minimum atomic E-state index is -1.17. The van der Waals surface area contributed by atoms with Gasteiger partial charge in [0.2, 0.25) is 5.91 Å². The maximum atomic E-state index is 12.0. The molecule has 0 aliphatic carbocycles. The standard InChI is InChI=1S/C13H15NO6/c1-7(15)14-6-13-5-4-8(20-13)9(11(16)18-2)10(13)12(17)19-3/h4-5,8H,6H2,1-3H3,(H,14,15). The summed E-state index contributed by atoms with van der Waals surface area (Å²) >= 11 is 0. The van der Waals surface area contributed by atoms with E-state index in [1.165, 1.54) is 21.1 Å². The van der Waals surface area contributed by atoms with E-state index in [1.54, 1.807) is 12.2 Å². The van der Waals surface area contributed by atoms with Gasteiger partial charge >= 0.3 is 11.9 Å². The maximum absolute atomic E-state index is 12.0. The Balaban J connectivity index is 2.43. The van der Waals surface area contributed by atoms with Crippen LogP contribution in [0.1, 0.15) is 6.92 Å². The van der Waals surface area contributed by atoms with Crippen LogP contribution in [0.15, 0.2) is 23.3 Å². The molecule has 0 fully saturated rings. The third kappa shape index (κ3) is 2.09. The van der Waals surface area contributed by atoms with E-state index < -0.39 is 23.6 Å². The van der Waals surface area contributed by atoms with E-state index in [1.807, 2.05) is 0 Å². The molecule has 0 radical (unpaired) electrons. The Hall–Kier alpha value is -2.15. The van der Waals surface area contributed by atoms with Gasteiger partial charge in [-0.3, -0.25) is 4.79 Å². The zero-order chi connectivity index (χ0) is 14.9. The summed E-state index contributed by atoms with van der Waals surface area (Å²) in [6, 6.07) is 0. The Morgan fingerprint density at radius 1 is 1.30 bits per heavy atom. The minimum Gasteiger partial charge on any atom is -0.466 e. The first kappa shape index (κ1) is 14.3. The molecule has 7 heteroatoms. The lowest BCUT2D eigenvalue weighted by Gasteiger charge is -2.25. The second-order valence-corrected chi connectivity index (χ2v) is 4.47. The first-order chi connectivity index (χ1) is 9.45. The lowest BCUT2D eigenvalue weighted by Crippen LogP contribution is -2.43. The summed E-state index contributed by atoms with van der Waals surface area (Å²) in [4.78, 5) is 34.9. The third-order valence-corrected chi connectivity index (χ3v) is 3.25. The van der Waals surface area contributed by atoms with Crippen LogP contribution in [0, 0.1) is 0 Å². The molecule has 0 saturated heterocycles. The van der Waals surface area contributed by atoms with Crippen LogP contribution in [0.2, 0.25) is 0 Å². The van der Waals surface area contributed by atoms with Crippen LogP contribution in [0.3, 0.4) is 0 Å². The molecule has 2 aliphatic heterocycles. The summed E-state index contributed by atoms with van der Waals surface area (Å²) in [6.07, 6.45) is 2.64. The van der Waals surface area contributed by atoms with E-state index in [2.05, 4.69) is 10.1 Å². The van der Waals surface area contributed by atoms with Crippen molar-refractivity contribution in [2.45, 2.75) is 18.6 Å². The molecule has 0 saturated carbocycles. The number of amides is 1.